The third-order valence-corrected chi connectivity index (χ3v) is 2.36. The van der Waals surface area contributed by atoms with Crippen LogP contribution < -0.4 is 5.32 Å². The van der Waals surface area contributed by atoms with Crippen LogP contribution >= 0.6 is 0 Å². The molecule has 0 aliphatic rings. The quantitative estimate of drug-likeness (QED) is 0.802. The van der Waals surface area contributed by atoms with Crippen LogP contribution in [0, 0.1) is 6.92 Å². The highest BCUT2D eigenvalue weighted by atomic mass is 16.4. The molecule has 0 aliphatic carbocycles. The number of nitrogens with one attached hydrogen (secondary N) is 1. The van der Waals surface area contributed by atoms with E-state index >= 15 is 0 Å². The number of carboxylic acids is 1. The highest BCUT2D eigenvalue weighted by Crippen LogP contribution is 2.13. The van der Waals surface area contributed by atoms with Gasteiger partial charge in [0.2, 0.25) is 0 Å². The van der Waals surface area contributed by atoms with Crippen LogP contribution in [-0.4, -0.2) is 23.0 Å². The van der Waals surface area contributed by atoms with Crippen molar-refractivity contribution in [1.82, 2.24) is 5.32 Å². The normalized spacial score (nSPS) is 10.9. The molecule has 0 bridgehead atoms. The molecule has 1 aromatic rings. The number of aliphatic carboxylic acids is 1. The van der Waals surface area contributed by atoms with Crippen LogP contribution in [0.5, 0.6) is 0 Å². The zero-order chi connectivity index (χ0) is 13.7. The lowest BCUT2D eigenvalue weighted by atomic mass is 10.0. The average Bonchev–Trinajstić information content (AvgIpc) is 2.26. The van der Waals surface area contributed by atoms with E-state index in [1.165, 1.54) is 6.08 Å². The first kappa shape index (κ1) is 14.0. The van der Waals surface area contributed by atoms with Gasteiger partial charge in [0.05, 0.1) is 0 Å². The molecule has 0 heterocycles. The van der Waals surface area contributed by atoms with Crippen molar-refractivity contribution in [3.05, 3.63) is 41.0 Å². The van der Waals surface area contributed by atoms with Gasteiger partial charge in [0.1, 0.15) is 0 Å². The topological polar surface area (TPSA) is 66.4 Å². The molecule has 0 saturated carbocycles. The average molecular weight is 247 g/mol. The molecular weight excluding hydrogens is 230 g/mol. The number of rotatable bonds is 4. The molecule has 4 heteroatoms. The van der Waals surface area contributed by atoms with E-state index in [-0.39, 0.29) is 11.9 Å². The van der Waals surface area contributed by atoms with Gasteiger partial charge in [0.25, 0.3) is 5.91 Å². The smallest absolute Gasteiger partial charge is 0.328 e. The van der Waals surface area contributed by atoms with Crippen molar-refractivity contribution in [2.24, 2.45) is 0 Å². The highest BCUT2D eigenvalue weighted by molar-refractivity contribution is 5.95. The summed E-state index contributed by atoms with van der Waals surface area (Å²) < 4.78 is 0. The van der Waals surface area contributed by atoms with Gasteiger partial charge < -0.3 is 10.4 Å². The summed E-state index contributed by atoms with van der Waals surface area (Å²) in [5.74, 6) is -1.11. The number of carbonyl (C=O) groups excluding carboxylic acids is 1. The molecule has 0 saturated heterocycles. The monoisotopic (exact) mass is 247 g/mol. The van der Waals surface area contributed by atoms with Crippen LogP contribution in [0.25, 0.3) is 6.08 Å². The Morgan fingerprint density at radius 1 is 1.33 bits per heavy atom. The molecule has 0 fully saturated rings. The standard InChI is InChI=1S/C14H17NO3/c1-9(2)15-14(18)12-5-4-11(10(3)8-12)6-7-13(16)17/h4-9H,1-3H3,(H,15,18)(H,16,17)/b7-6+. The molecule has 1 amide bonds. The summed E-state index contributed by atoms with van der Waals surface area (Å²) in [6.07, 6.45) is 2.60. The van der Waals surface area contributed by atoms with Crippen LogP contribution in [-0.2, 0) is 4.79 Å². The van der Waals surface area contributed by atoms with Crippen molar-refractivity contribution in [2.75, 3.05) is 0 Å². The van der Waals surface area contributed by atoms with Crippen LogP contribution in [0.2, 0.25) is 0 Å². The second-order valence-electron chi connectivity index (χ2n) is 4.37. The van der Waals surface area contributed by atoms with E-state index in [1.54, 1.807) is 18.2 Å². The zero-order valence-corrected chi connectivity index (χ0v) is 10.7. The number of amides is 1. The summed E-state index contributed by atoms with van der Waals surface area (Å²) in [4.78, 5) is 22.2. The zero-order valence-electron chi connectivity index (χ0n) is 10.7. The van der Waals surface area contributed by atoms with E-state index in [4.69, 9.17) is 5.11 Å². The SMILES string of the molecule is Cc1cc(C(=O)NC(C)C)ccc1/C=C/C(=O)O. The van der Waals surface area contributed by atoms with Crippen LogP contribution in [0.15, 0.2) is 24.3 Å². The molecule has 0 aromatic heterocycles. The van der Waals surface area contributed by atoms with Gasteiger partial charge in [-0.25, -0.2) is 4.79 Å². The molecule has 0 atom stereocenters. The highest BCUT2D eigenvalue weighted by Gasteiger charge is 2.07. The van der Waals surface area contributed by atoms with Gasteiger partial charge in [0.15, 0.2) is 0 Å². The molecule has 96 valence electrons. The molecule has 1 rings (SSSR count). The van der Waals surface area contributed by atoms with Gasteiger partial charge >= 0.3 is 5.97 Å². The Labute approximate surface area is 106 Å². The molecule has 1 aromatic carbocycles. The Hall–Kier alpha value is -2.10. The minimum absolute atomic E-state index is 0.0874. The Kier molecular flexibility index (Phi) is 4.66. The van der Waals surface area contributed by atoms with E-state index in [0.29, 0.717) is 5.56 Å². The van der Waals surface area contributed by atoms with Gasteiger partial charge in [-0.05, 0) is 50.1 Å². The second-order valence-corrected chi connectivity index (χ2v) is 4.37. The van der Waals surface area contributed by atoms with Crippen LogP contribution in [0.4, 0.5) is 0 Å². The molecular formula is C14H17NO3. The maximum Gasteiger partial charge on any atom is 0.328 e. The minimum Gasteiger partial charge on any atom is -0.478 e. The number of hydrogen-bond donors (Lipinski definition) is 2. The van der Waals surface area contributed by atoms with Crippen molar-refractivity contribution in [3.8, 4) is 0 Å². The van der Waals surface area contributed by atoms with Gasteiger partial charge in [-0.2, -0.15) is 0 Å². The van der Waals surface area contributed by atoms with Gasteiger partial charge in [0, 0.05) is 17.7 Å². The fourth-order valence-corrected chi connectivity index (χ4v) is 1.51. The fraction of sp³-hybridized carbons (Fsp3) is 0.286. The Balaban J connectivity index is 2.92. The summed E-state index contributed by atoms with van der Waals surface area (Å²) in [7, 11) is 0. The number of hydrogen-bond acceptors (Lipinski definition) is 2. The van der Waals surface area contributed by atoms with Crippen LogP contribution in [0.1, 0.15) is 35.3 Å². The lowest BCUT2D eigenvalue weighted by molar-refractivity contribution is -0.131. The van der Waals surface area contributed by atoms with E-state index in [1.807, 2.05) is 20.8 Å². The maximum atomic E-state index is 11.8. The predicted octanol–water partition coefficient (Wildman–Crippen LogP) is 2.23. The van der Waals surface area contributed by atoms with E-state index in [9.17, 15) is 9.59 Å². The number of benzene rings is 1. The summed E-state index contributed by atoms with van der Waals surface area (Å²) in [6.45, 7) is 5.64. The molecule has 18 heavy (non-hydrogen) atoms. The molecule has 0 radical (unpaired) electrons. The summed E-state index contributed by atoms with van der Waals surface area (Å²) >= 11 is 0. The Morgan fingerprint density at radius 2 is 2.00 bits per heavy atom. The van der Waals surface area contributed by atoms with Crippen molar-refractivity contribution in [3.63, 3.8) is 0 Å². The molecule has 0 spiro atoms. The lowest BCUT2D eigenvalue weighted by Crippen LogP contribution is -2.30. The summed E-state index contributed by atoms with van der Waals surface area (Å²) in [5.41, 5.74) is 2.23. The Morgan fingerprint density at radius 3 is 2.50 bits per heavy atom. The van der Waals surface area contributed by atoms with Crippen molar-refractivity contribution in [1.29, 1.82) is 0 Å². The molecule has 0 unspecified atom stereocenters. The van der Waals surface area contributed by atoms with Crippen molar-refractivity contribution >= 4 is 18.0 Å². The summed E-state index contributed by atoms with van der Waals surface area (Å²) in [5, 5.41) is 11.4. The van der Waals surface area contributed by atoms with E-state index < -0.39 is 5.97 Å². The number of carboxylic acid groups (broad SMARTS) is 1. The van der Waals surface area contributed by atoms with E-state index in [2.05, 4.69) is 5.32 Å². The first-order valence-corrected chi connectivity index (χ1v) is 5.72. The first-order valence-electron chi connectivity index (χ1n) is 5.72. The Bertz CT molecular complexity index is 490. The predicted molar refractivity (Wildman–Crippen MR) is 70.5 cm³/mol. The second kappa shape index (κ2) is 6.00. The van der Waals surface area contributed by atoms with Crippen molar-refractivity contribution < 1.29 is 14.7 Å². The largest absolute Gasteiger partial charge is 0.478 e. The van der Waals surface area contributed by atoms with Crippen molar-refractivity contribution in [2.45, 2.75) is 26.8 Å². The third-order valence-electron chi connectivity index (χ3n) is 2.36. The molecule has 2 N–H and O–H groups in total. The first-order chi connectivity index (χ1) is 8.40. The van der Waals surface area contributed by atoms with Gasteiger partial charge in [-0.15, -0.1) is 0 Å². The lowest BCUT2D eigenvalue weighted by Gasteiger charge is -2.09. The molecule has 0 aliphatic heterocycles. The van der Waals surface area contributed by atoms with Gasteiger partial charge in [-0.3, -0.25) is 4.79 Å². The minimum atomic E-state index is -0.990. The summed E-state index contributed by atoms with van der Waals surface area (Å²) in [6, 6.07) is 5.26. The van der Waals surface area contributed by atoms with Crippen LogP contribution in [0.3, 0.4) is 0 Å². The van der Waals surface area contributed by atoms with Gasteiger partial charge in [-0.1, -0.05) is 6.07 Å². The maximum absolute atomic E-state index is 11.8. The third kappa shape index (κ3) is 4.05. The fourth-order valence-electron chi connectivity index (χ4n) is 1.51. The molecule has 4 nitrogen and oxygen atoms in total. The van der Waals surface area contributed by atoms with E-state index in [0.717, 1.165) is 17.2 Å². The number of carbonyl (C=O) groups is 2. The number of aryl methyl sites for hydroxylation is 1.